The van der Waals surface area contributed by atoms with Crippen LogP contribution in [0.5, 0.6) is 5.75 Å². The second kappa shape index (κ2) is 8.40. The molecule has 1 fully saturated rings. The molecule has 0 saturated heterocycles. The molecule has 3 N–H and O–H groups in total. The number of phenols is 1. The number of nitrogens with zero attached hydrogens (tertiary/aromatic N) is 3. The average Bonchev–Trinajstić information content (AvgIpc) is 3.53. The van der Waals surface area contributed by atoms with Gasteiger partial charge in [0.05, 0.1) is 11.1 Å². The van der Waals surface area contributed by atoms with Gasteiger partial charge in [-0.3, -0.25) is 20.0 Å². The third kappa shape index (κ3) is 3.53. The van der Waals surface area contributed by atoms with Crippen LogP contribution in [-0.2, 0) is 16.6 Å². The van der Waals surface area contributed by atoms with E-state index in [9.17, 15) is 20.0 Å². The number of carbonyl (C=O) groups excluding carboxylic acids is 1. The maximum absolute atomic E-state index is 12.8. The molecule has 5 unspecified atom stereocenters. The Balaban J connectivity index is 1.30. The highest BCUT2D eigenvalue weighted by atomic mass is 32.1. The molecule has 1 saturated carbocycles. The third-order valence-electron chi connectivity index (χ3n) is 8.89. The number of carbonyl (C=O) groups is 1. The number of nitro groups is 1. The van der Waals surface area contributed by atoms with Crippen molar-refractivity contribution in [1.82, 2.24) is 15.2 Å². The number of nitrogens with one attached hydrogen (secondary N) is 2. The number of benzene rings is 1. The number of nitro benzene ring substituents is 1. The van der Waals surface area contributed by atoms with Crippen LogP contribution in [-0.4, -0.2) is 31.1 Å². The maximum Gasteiger partial charge on any atom is 0.310 e. The fraction of sp³-hybridized carbons (Fsp3) is 0.500. The quantitative estimate of drug-likeness (QED) is 0.316. The number of aromatic nitrogens is 3. The maximum atomic E-state index is 12.8. The molecule has 10 heteroatoms. The van der Waals surface area contributed by atoms with E-state index in [4.69, 9.17) is 0 Å². The van der Waals surface area contributed by atoms with Crippen LogP contribution in [0.25, 0.3) is 0 Å². The van der Waals surface area contributed by atoms with Gasteiger partial charge in [-0.15, -0.1) is 11.3 Å². The number of rotatable bonds is 5. The molecule has 188 valence electrons. The van der Waals surface area contributed by atoms with Crippen LogP contribution in [0.3, 0.4) is 0 Å². The van der Waals surface area contributed by atoms with Crippen molar-refractivity contribution < 1.29 is 14.8 Å². The van der Waals surface area contributed by atoms with Crippen LogP contribution in [0.4, 0.5) is 10.8 Å². The Bertz CT molecular complexity index is 1370. The standard InChI is InChI=1S/C26H29N5O4S/c1-13-11-27-25(36-13)29-22(33)6-5-17-19-12-28-30-24(19)26(2)8-7-15-16(23(17)26)4-3-14-9-21(32)20(31(34)35)10-18(14)15/h9-12,15-17,23,32H,3-8H2,1-2H3,(H,28,30)(H,27,29,33). The van der Waals surface area contributed by atoms with Gasteiger partial charge in [-0.05, 0) is 85.5 Å². The summed E-state index contributed by atoms with van der Waals surface area (Å²) in [6, 6.07) is 3.21. The molecule has 2 aromatic heterocycles. The number of thiazole rings is 1. The minimum absolute atomic E-state index is 0.0320. The SMILES string of the molecule is Cc1cnc(NC(=O)CCC2c3cn[nH]c3C3(C)CCC4c5cc([N+](=O)[O-])c(O)cc5CCC4C23)s1. The first-order valence-corrected chi connectivity index (χ1v) is 13.3. The van der Waals surface area contributed by atoms with Gasteiger partial charge in [0.15, 0.2) is 10.9 Å². The number of H-pyrrole nitrogens is 1. The Labute approximate surface area is 212 Å². The normalized spacial score (nSPS) is 28.1. The summed E-state index contributed by atoms with van der Waals surface area (Å²) in [7, 11) is 0. The number of hydrogen-bond donors (Lipinski definition) is 3. The van der Waals surface area contributed by atoms with Gasteiger partial charge in [0, 0.05) is 34.7 Å². The fourth-order valence-electron chi connectivity index (χ4n) is 7.47. The van der Waals surface area contributed by atoms with Crippen molar-refractivity contribution in [3.05, 3.63) is 61.9 Å². The molecule has 0 aliphatic heterocycles. The van der Waals surface area contributed by atoms with E-state index in [0.717, 1.165) is 48.1 Å². The minimum atomic E-state index is -0.496. The third-order valence-corrected chi connectivity index (χ3v) is 9.72. The van der Waals surface area contributed by atoms with E-state index >= 15 is 0 Å². The predicted octanol–water partition coefficient (Wildman–Crippen LogP) is 5.32. The lowest BCUT2D eigenvalue weighted by Crippen LogP contribution is -2.44. The number of phenolic OH excluding ortho intramolecular Hbond substituents is 1. The highest BCUT2D eigenvalue weighted by molar-refractivity contribution is 7.15. The molecule has 0 bridgehead atoms. The van der Waals surface area contributed by atoms with E-state index in [2.05, 4.69) is 27.4 Å². The predicted molar refractivity (Wildman–Crippen MR) is 135 cm³/mol. The number of aromatic hydroxyl groups is 1. The second-order valence-corrected chi connectivity index (χ2v) is 12.0. The molecule has 0 spiro atoms. The highest BCUT2D eigenvalue weighted by Gasteiger charge is 2.58. The van der Waals surface area contributed by atoms with Crippen LogP contribution in [0, 0.1) is 28.9 Å². The Morgan fingerprint density at radius 2 is 2.17 bits per heavy atom. The second-order valence-electron chi connectivity index (χ2n) is 10.8. The molecule has 5 atom stereocenters. The molecule has 3 aromatic rings. The summed E-state index contributed by atoms with van der Waals surface area (Å²) in [4.78, 5) is 29.1. The number of amides is 1. The van der Waals surface area contributed by atoms with Crippen molar-refractivity contribution in [2.24, 2.45) is 11.8 Å². The molecule has 36 heavy (non-hydrogen) atoms. The van der Waals surface area contributed by atoms with Crippen molar-refractivity contribution in [3.8, 4) is 5.75 Å². The van der Waals surface area contributed by atoms with E-state index in [-0.39, 0.29) is 34.6 Å². The van der Waals surface area contributed by atoms with Gasteiger partial charge in [0.25, 0.3) is 0 Å². The van der Waals surface area contributed by atoms with Crippen LogP contribution in [0.15, 0.2) is 24.5 Å². The molecule has 6 rings (SSSR count). The monoisotopic (exact) mass is 507 g/mol. The van der Waals surface area contributed by atoms with Crippen molar-refractivity contribution in [1.29, 1.82) is 0 Å². The number of anilines is 1. The smallest absolute Gasteiger partial charge is 0.310 e. The summed E-state index contributed by atoms with van der Waals surface area (Å²) >= 11 is 1.47. The highest BCUT2D eigenvalue weighted by Crippen LogP contribution is 2.64. The van der Waals surface area contributed by atoms with Crippen molar-refractivity contribution >= 4 is 28.1 Å². The zero-order valence-electron chi connectivity index (χ0n) is 20.3. The van der Waals surface area contributed by atoms with Gasteiger partial charge >= 0.3 is 5.69 Å². The Hall–Kier alpha value is -3.27. The number of aromatic amines is 1. The Kier molecular flexibility index (Phi) is 5.40. The van der Waals surface area contributed by atoms with Gasteiger partial charge in [-0.2, -0.15) is 5.10 Å². The Morgan fingerprint density at radius 3 is 2.92 bits per heavy atom. The lowest BCUT2D eigenvalue weighted by molar-refractivity contribution is -0.386. The molecule has 1 amide bonds. The summed E-state index contributed by atoms with van der Waals surface area (Å²) in [5.41, 5.74) is 4.16. The summed E-state index contributed by atoms with van der Waals surface area (Å²) < 4.78 is 0. The van der Waals surface area contributed by atoms with Crippen LogP contribution in [0.2, 0.25) is 0 Å². The molecule has 3 aliphatic rings. The average molecular weight is 508 g/mol. The fourth-order valence-corrected chi connectivity index (χ4v) is 8.15. The van der Waals surface area contributed by atoms with E-state index in [1.165, 1.54) is 22.6 Å². The van der Waals surface area contributed by atoms with Crippen LogP contribution in [0.1, 0.15) is 78.1 Å². The van der Waals surface area contributed by atoms with E-state index in [0.29, 0.717) is 23.4 Å². The summed E-state index contributed by atoms with van der Waals surface area (Å²) in [5, 5.41) is 33.0. The lowest BCUT2D eigenvalue weighted by Gasteiger charge is -2.50. The number of hydrogen-bond acceptors (Lipinski definition) is 7. The van der Waals surface area contributed by atoms with Gasteiger partial charge in [0.1, 0.15) is 0 Å². The van der Waals surface area contributed by atoms with Gasteiger partial charge in [-0.25, -0.2) is 4.98 Å². The molecule has 0 radical (unpaired) electrons. The summed E-state index contributed by atoms with van der Waals surface area (Å²) in [6.07, 6.45) is 8.44. The molecule has 3 aliphatic carbocycles. The number of aryl methyl sites for hydroxylation is 2. The van der Waals surface area contributed by atoms with Crippen molar-refractivity contribution in [2.45, 2.75) is 69.6 Å². The zero-order chi connectivity index (χ0) is 25.2. The molecule has 1 aromatic carbocycles. The lowest BCUT2D eigenvalue weighted by atomic mass is 9.53. The zero-order valence-corrected chi connectivity index (χ0v) is 21.1. The van der Waals surface area contributed by atoms with Gasteiger partial charge < -0.3 is 10.4 Å². The first-order valence-electron chi connectivity index (χ1n) is 12.5. The number of fused-ring (bicyclic) bond motifs is 7. The first-order chi connectivity index (χ1) is 17.3. The van der Waals surface area contributed by atoms with Crippen molar-refractivity contribution in [2.75, 3.05) is 5.32 Å². The topological polar surface area (TPSA) is 134 Å². The van der Waals surface area contributed by atoms with E-state index in [1.54, 1.807) is 18.3 Å². The van der Waals surface area contributed by atoms with E-state index in [1.807, 2.05) is 13.1 Å². The first kappa shape index (κ1) is 23.1. The Morgan fingerprint density at radius 1 is 1.33 bits per heavy atom. The van der Waals surface area contributed by atoms with Gasteiger partial charge in [-0.1, -0.05) is 6.92 Å². The summed E-state index contributed by atoms with van der Waals surface area (Å²) in [5.74, 6) is 0.772. The summed E-state index contributed by atoms with van der Waals surface area (Å²) in [6.45, 7) is 4.28. The van der Waals surface area contributed by atoms with Crippen LogP contribution < -0.4 is 5.32 Å². The molecular weight excluding hydrogens is 478 g/mol. The van der Waals surface area contributed by atoms with E-state index < -0.39 is 4.92 Å². The molecule has 2 heterocycles. The van der Waals surface area contributed by atoms with Gasteiger partial charge in [0.2, 0.25) is 5.91 Å². The minimum Gasteiger partial charge on any atom is -0.502 e. The van der Waals surface area contributed by atoms with Crippen LogP contribution >= 0.6 is 11.3 Å². The molecular formula is C26H29N5O4S. The molecule has 9 nitrogen and oxygen atoms in total. The largest absolute Gasteiger partial charge is 0.502 e. The van der Waals surface area contributed by atoms with Crippen molar-refractivity contribution in [3.63, 3.8) is 0 Å².